The molecule has 0 aliphatic carbocycles. The molecule has 3 nitrogen and oxygen atoms in total. The van der Waals surface area contributed by atoms with Crippen molar-refractivity contribution < 1.29 is 17.9 Å². The summed E-state index contributed by atoms with van der Waals surface area (Å²) in [5.41, 5.74) is -0.0999. The molecule has 0 fully saturated rings. The lowest BCUT2D eigenvalue weighted by Crippen LogP contribution is -2.42. The number of nitrogens with zero attached hydrogens (tertiary/aromatic N) is 2. The molecule has 0 saturated carbocycles. The van der Waals surface area contributed by atoms with Crippen molar-refractivity contribution in [2.45, 2.75) is 19.3 Å². The summed E-state index contributed by atoms with van der Waals surface area (Å²) in [5.74, 6) is 0. The van der Waals surface area contributed by atoms with Gasteiger partial charge in [0.05, 0.1) is 11.3 Å². The minimum atomic E-state index is -4.33. The first kappa shape index (κ1) is 15.5. The number of hydrazine groups is 1. The van der Waals surface area contributed by atoms with Crippen molar-refractivity contribution in [3.8, 4) is 0 Å². The van der Waals surface area contributed by atoms with Crippen molar-refractivity contribution in [3.63, 3.8) is 0 Å². The molecule has 1 atom stereocenters. The van der Waals surface area contributed by atoms with Crippen LogP contribution in [0.2, 0.25) is 0 Å². The predicted octanol–water partition coefficient (Wildman–Crippen LogP) is 3.49. The third kappa shape index (κ3) is 3.71. The second-order valence-corrected chi connectivity index (χ2v) is 3.98. The molecule has 0 N–H and O–H groups in total. The molecule has 1 unspecified atom stereocenters. The molecule has 0 heterocycles. The van der Waals surface area contributed by atoms with Gasteiger partial charge in [-0.2, -0.15) is 18.2 Å². The number of benzene rings is 1. The van der Waals surface area contributed by atoms with Gasteiger partial charge in [0, 0.05) is 20.4 Å². The van der Waals surface area contributed by atoms with Gasteiger partial charge in [0.1, 0.15) is 6.23 Å². The fraction of sp³-hybridized carbons (Fsp3) is 0.385. The van der Waals surface area contributed by atoms with Gasteiger partial charge >= 0.3 is 6.18 Å². The van der Waals surface area contributed by atoms with E-state index in [1.165, 1.54) is 18.3 Å². The minimum absolute atomic E-state index is 0.236. The lowest BCUT2D eigenvalue weighted by molar-refractivity contribution is -0.137. The SMILES string of the molecule is C=CN(c1ccc(C(F)(F)F)cc1)N(C)C(C)OC. The molecule has 0 radical (unpaired) electrons. The van der Waals surface area contributed by atoms with E-state index in [0.29, 0.717) is 5.69 Å². The monoisotopic (exact) mass is 274 g/mol. The topological polar surface area (TPSA) is 15.7 Å². The van der Waals surface area contributed by atoms with Crippen LogP contribution in [0.15, 0.2) is 37.0 Å². The van der Waals surface area contributed by atoms with Gasteiger partial charge in [-0.3, -0.25) is 5.01 Å². The molecule has 0 saturated heterocycles. The zero-order valence-electron chi connectivity index (χ0n) is 11.1. The zero-order chi connectivity index (χ0) is 14.6. The summed E-state index contributed by atoms with van der Waals surface area (Å²) in [5, 5.41) is 3.34. The van der Waals surface area contributed by atoms with E-state index >= 15 is 0 Å². The van der Waals surface area contributed by atoms with Gasteiger partial charge in [0.15, 0.2) is 0 Å². The normalized spacial score (nSPS) is 13.4. The third-order valence-corrected chi connectivity index (χ3v) is 2.84. The molecule has 0 aliphatic heterocycles. The van der Waals surface area contributed by atoms with E-state index in [1.807, 2.05) is 6.92 Å². The first-order valence-corrected chi connectivity index (χ1v) is 5.66. The van der Waals surface area contributed by atoms with E-state index < -0.39 is 11.7 Å². The lowest BCUT2D eigenvalue weighted by atomic mass is 10.2. The summed E-state index contributed by atoms with van der Waals surface area (Å²) < 4.78 is 42.6. The van der Waals surface area contributed by atoms with E-state index in [1.54, 1.807) is 24.2 Å². The van der Waals surface area contributed by atoms with Crippen molar-refractivity contribution in [1.29, 1.82) is 0 Å². The molecule has 6 heteroatoms. The predicted molar refractivity (Wildman–Crippen MR) is 68.4 cm³/mol. The van der Waals surface area contributed by atoms with Gasteiger partial charge in [0.25, 0.3) is 0 Å². The standard InChI is InChI=1S/C13H17F3N2O/c1-5-18(17(3)10(2)19-4)12-8-6-11(7-9-12)13(14,15)16/h5-10H,1H2,2-4H3. The van der Waals surface area contributed by atoms with Crippen LogP contribution < -0.4 is 5.01 Å². The molecule has 0 aromatic heterocycles. The molecule has 1 aromatic rings. The quantitative estimate of drug-likeness (QED) is 0.604. The summed E-state index contributed by atoms with van der Waals surface area (Å²) in [4.78, 5) is 0. The van der Waals surface area contributed by atoms with Crippen LogP contribution in [0.4, 0.5) is 18.9 Å². The Morgan fingerprint density at radius 2 is 1.79 bits per heavy atom. The van der Waals surface area contributed by atoms with E-state index in [4.69, 9.17) is 4.74 Å². The summed E-state index contributed by atoms with van der Waals surface area (Å²) in [6.07, 6.45) is -3.05. The van der Waals surface area contributed by atoms with Crippen LogP contribution in [-0.4, -0.2) is 25.4 Å². The van der Waals surface area contributed by atoms with Gasteiger partial charge in [0.2, 0.25) is 0 Å². The van der Waals surface area contributed by atoms with Crippen molar-refractivity contribution in [1.82, 2.24) is 5.01 Å². The molecule has 0 bridgehead atoms. The Balaban J connectivity index is 2.97. The maximum absolute atomic E-state index is 12.5. The van der Waals surface area contributed by atoms with Crippen molar-refractivity contribution in [2.75, 3.05) is 19.2 Å². The summed E-state index contributed by atoms with van der Waals surface area (Å²) >= 11 is 0. The number of anilines is 1. The van der Waals surface area contributed by atoms with Crippen LogP contribution in [0, 0.1) is 0 Å². The molecular weight excluding hydrogens is 257 g/mol. The van der Waals surface area contributed by atoms with E-state index in [0.717, 1.165) is 12.1 Å². The number of ether oxygens (including phenoxy) is 1. The number of halogens is 3. The number of rotatable bonds is 5. The maximum atomic E-state index is 12.5. The molecule has 1 aromatic carbocycles. The second-order valence-electron chi connectivity index (χ2n) is 3.98. The maximum Gasteiger partial charge on any atom is 0.416 e. The van der Waals surface area contributed by atoms with Gasteiger partial charge in [-0.15, -0.1) is 0 Å². The molecule has 106 valence electrons. The van der Waals surface area contributed by atoms with Gasteiger partial charge in [-0.1, -0.05) is 6.58 Å². The Morgan fingerprint density at radius 3 is 2.16 bits per heavy atom. The van der Waals surface area contributed by atoms with Crippen LogP contribution in [0.3, 0.4) is 0 Å². The number of alkyl halides is 3. The van der Waals surface area contributed by atoms with Crippen LogP contribution in [-0.2, 0) is 10.9 Å². The van der Waals surface area contributed by atoms with Gasteiger partial charge < -0.3 is 4.74 Å². The largest absolute Gasteiger partial charge is 0.416 e. The van der Waals surface area contributed by atoms with E-state index in [-0.39, 0.29) is 6.23 Å². The van der Waals surface area contributed by atoms with Crippen molar-refractivity contribution >= 4 is 5.69 Å². The highest BCUT2D eigenvalue weighted by Crippen LogP contribution is 2.30. The Labute approximate surface area is 110 Å². The fourth-order valence-corrected chi connectivity index (χ4v) is 1.55. The highest BCUT2D eigenvalue weighted by atomic mass is 19.4. The molecule has 0 spiro atoms. The van der Waals surface area contributed by atoms with Crippen molar-refractivity contribution in [3.05, 3.63) is 42.6 Å². The molecule has 0 aliphatic rings. The summed E-state index contributed by atoms with van der Waals surface area (Å²) in [7, 11) is 3.31. The van der Waals surface area contributed by atoms with E-state index in [9.17, 15) is 13.2 Å². The summed E-state index contributed by atoms with van der Waals surface area (Å²) in [6, 6.07) is 4.86. The van der Waals surface area contributed by atoms with E-state index in [2.05, 4.69) is 6.58 Å². The minimum Gasteiger partial charge on any atom is -0.365 e. The average Bonchev–Trinajstić information content (AvgIpc) is 2.38. The smallest absolute Gasteiger partial charge is 0.365 e. The number of hydrogen-bond acceptors (Lipinski definition) is 3. The average molecular weight is 274 g/mol. The van der Waals surface area contributed by atoms with Crippen LogP contribution in [0.1, 0.15) is 12.5 Å². The lowest BCUT2D eigenvalue weighted by Gasteiger charge is -2.34. The molecule has 19 heavy (non-hydrogen) atoms. The van der Waals surface area contributed by atoms with Crippen LogP contribution in [0.25, 0.3) is 0 Å². The van der Waals surface area contributed by atoms with Gasteiger partial charge in [-0.25, -0.2) is 0 Å². The second kappa shape index (κ2) is 6.08. The highest BCUT2D eigenvalue weighted by molar-refractivity contribution is 5.49. The molecular formula is C13H17F3N2O. The zero-order valence-corrected chi connectivity index (χ0v) is 11.1. The van der Waals surface area contributed by atoms with Crippen LogP contribution in [0.5, 0.6) is 0 Å². The fourth-order valence-electron chi connectivity index (χ4n) is 1.55. The Morgan fingerprint density at radius 1 is 1.26 bits per heavy atom. The summed E-state index contributed by atoms with van der Waals surface area (Å²) in [6.45, 7) is 5.47. The van der Waals surface area contributed by atoms with Gasteiger partial charge in [-0.05, 0) is 31.2 Å². The Hall–Kier alpha value is -1.53. The highest BCUT2D eigenvalue weighted by Gasteiger charge is 2.30. The Kier molecular flexibility index (Phi) is 4.97. The van der Waals surface area contributed by atoms with Crippen molar-refractivity contribution in [2.24, 2.45) is 0 Å². The number of hydrogen-bond donors (Lipinski definition) is 0. The van der Waals surface area contributed by atoms with Crippen LogP contribution >= 0.6 is 0 Å². The molecule has 1 rings (SSSR count). The Bertz CT molecular complexity index is 417. The first-order chi connectivity index (χ1) is 8.81. The first-order valence-electron chi connectivity index (χ1n) is 5.66. The number of methoxy groups -OCH3 is 1. The third-order valence-electron chi connectivity index (χ3n) is 2.84. The molecule has 0 amide bonds.